The Balaban J connectivity index is 1.12. The molecule has 242 valence electrons. The highest BCUT2D eigenvalue weighted by molar-refractivity contribution is 5.79. The molecule has 1 fully saturated rings. The van der Waals surface area contributed by atoms with Crippen LogP contribution >= 0.6 is 0 Å². The third-order valence-corrected chi connectivity index (χ3v) is 8.70. The summed E-state index contributed by atoms with van der Waals surface area (Å²) in [6.45, 7) is 4.01. The molecule has 3 aromatic carbocycles. The smallest absolute Gasteiger partial charge is 0.407 e. The molecule has 9 heteroatoms. The number of rotatable bonds is 15. The van der Waals surface area contributed by atoms with Gasteiger partial charge in [0.05, 0.1) is 12.7 Å². The first-order chi connectivity index (χ1) is 22.0. The Hall–Kier alpha value is -3.31. The number of benzene rings is 3. The van der Waals surface area contributed by atoms with E-state index in [1.54, 1.807) is 0 Å². The second kappa shape index (κ2) is 16.3. The topological polar surface area (TPSA) is 121 Å². The van der Waals surface area contributed by atoms with Crippen molar-refractivity contribution < 1.29 is 34.3 Å². The summed E-state index contributed by atoms with van der Waals surface area (Å²) in [6, 6.07) is 25.8. The van der Waals surface area contributed by atoms with E-state index in [1.165, 1.54) is 11.1 Å². The second-order valence-corrected chi connectivity index (χ2v) is 11.9. The molecule has 5 rings (SSSR count). The van der Waals surface area contributed by atoms with Crippen molar-refractivity contribution in [1.29, 1.82) is 0 Å². The van der Waals surface area contributed by atoms with Crippen LogP contribution in [0.4, 0.5) is 4.79 Å². The number of hydrogen-bond acceptors (Lipinski definition) is 8. The lowest BCUT2D eigenvalue weighted by molar-refractivity contribution is -0.283. The lowest BCUT2D eigenvalue weighted by Gasteiger charge is -2.38. The van der Waals surface area contributed by atoms with Crippen LogP contribution < -0.4 is 5.32 Å². The molecule has 4 N–H and O–H groups in total. The summed E-state index contributed by atoms with van der Waals surface area (Å²) in [7, 11) is 0. The molecule has 45 heavy (non-hydrogen) atoms. The Labute approximate surface area is 265 Å². The first-order valence-electron chi connectivity index (χ1n) is 16.1. The zero-order valence-electron chi connectivity index (χ0n) is 26.0. The Bertz CT molecular complexity index is 1310. The van der Waals surface area contributed by atoms with Gasteiger partial charge in [-0.3, -0.25) is 4.90 Å². The van der Waals surface area contributed by atoms with E-state index in [1.807, 2.05) is 59.5 Å². The van der Waals surface area contributed by atoms with Crippen molar-refractivity contribution in [2.75, 3.05) is 39.4 Å². The number of aliphatic hydroxyl groups is 3. The number of fused-ring (bicyclic) bond motifs is 3. The van der Waals surface area contributed by atoms with Gasteiger partial charge in [0.25, 0.3) is 0 Å². The number of unbranched alkanes of at least 4 members (excludes halogenated alkanes) is 3. The van der Waals surface area contributed by atoms with Gasteiger partial charge in [-0.2, -0.15) is 0 Å². The molecular formula is C36H46N2O7. The number of ether oxygens (including phenoxy) is 3. The third kappa shape index (κ3) is 8.49. The van der Waals surface area contributed by atoms with E-state index in [0.29, 0.717) is 19.6 Å². The largest absolute Gasteiger partial charge is 0.449 e. The maximum absolute atomic E-state index is 12.7. The van der Waals surface area contributed by atoms with Crippen LogP contribution in [-0.4, -0.2) is 90.1 Å². The van der Waals surface area contributed by atoms with Gasteiger partial charge in [-0.25, -0.2) is 4.79 Å². The van der Waals surface area contributed by atoms with E-state index in [2.05, 4.69) is 36.5 Å². The number of nitrogens with one attached hydrogen (secondary N) is 1. The summed E-state index contributed by atoms with van der Waals surface area (Å²) < 4.78 is 17.2. The molecule has 1 aliphatic heterocycles. The fraction of sp³-hybridized carbons (Fsp3) is 0.472. The monoisotopic (exact) mass is 618 g/mol. The van der Waals surface area contributed by atoms with Crippen LogP contribution in [0.2, 0.25) is 0 Å². The molecule has 0 aromatic heterocycles. The first kappa shape index (κ1) is 33.1. The van der Waals surface area contributed by atoms with Crippen molar-refractivity contribution in [2.24, 2.45) is 0 Å². The zero-order chi connectivity index (χ0) is 31.6. The van der Waals surface area contributed by atoms with Gasteiger partial charge in [-0.15, -0.1) is 0 Å². The van der Waals surface area contributed by atoms with Crippen molar-refractivity contribution in [3.63, 3.8) is 0 Å². The maximum atomic E-state index is 12.7. The lowest BCUT2D eigenvalue weighted by Crippen LogP contribution is -2.54. The van der Waals surface area contributed by atoms with Crippen LogP contribution in [0.1, 0.15) is 61.5 Å². The highest BCUT2D eigenvalue weighted by Crippen LogP contribution is 2.44. The molecule has 2 aliphatic rings. The molecule has 5 atom stereocenters. The molecule has 0 bridgehead atoms. The van der Waals surface area contributed by atoms with Crippen LogP contribution in [0.5, 0.6) is 0 Å². The molecule has 3 aromatic rings. The van der Waals surface area contributed by atoms with Crippen LogP contribution in [-0.2, 0) is 14.2 Å². The summed E-state index contributed by atoms with van der Waals surface area (Å²) in [5, 5.41) is 35.5. The van der Waals surface area contributed by atoms with Crippen LogP contribution in [0.15, 0.2) is 78.9 Å². The fourth-order valence-electron chi connectivity index (χ4n) is 6.26. The number of hydrogen-bond donors (Lipinski definition) is 4. The van der Waals surface area contributed by atoms with Gasteiger partial charge in [0, 0.05) is 31.1 Å². The number of aliphatic hydroxyl groups excluding tert-OH is 3. The number of carbonyl (C=O) groups is 1. The summed E-state index contributed by atoms with van der Waals surface area (Å²) in [4.78, 5) is 14.7. The highest BCUT2D eigenvalue weighted by Gasteiger charge is 2.39. The molecule has 1 amide bonds. The molecule has 9 nitrogen and oxygen atoms in total. The van der Waals surface area contributed by atoms with E-state index in [4.69, 9.17) is 14.2 Å². The fourth-order valence-corrected chi connectivity index (χ4v) is 6.26. The second-order valence-electron chi connectivity index (χ2n) is 11.9. The average Bonchev–Trinajstić information content (AvgIpc) is 3.39. The van der Waals surface area contributed by atoms with Crippen molar-refractivity contribution in [2.45, 2.75) is 69.2 Å². The van der Waals surface area contributed by atoms with Gasteiger partial charge in [0.2, 0.25) is 0 Å². The predicted octanol–water partition coefficient (Wildman–Crippen LogP) is 4.60. The molecule has 0 unspecified atom stereocenters. The van der Waals surface area contributed by atoms with E-state index < -0.39 is 36.8 Å². The predicted molar refractivity (Wildman–Crippen MR) is 172 cm³/mol. The zero-order valence-corrected chi connectivity index (χ0v) is 26.0. The lowest BCUT2D eigenvalue weighted by atomic mass is 9.98. The number of alkyl carbamates (subject to hydrolysis) is 1. The van der Waals surface area contributed by atoms with E-state index in [-0.39, 0.29) is 25.7 Å². The number of carbonyl (C=O) groups excluding carboxylic acids is 1. The summed E-state index contributed by atoms with van der Waals surface area (Å²) in [5.41, 5.74) is 5.44. The van der Waals surface area contributed by atoms with Crippen LogP contribution in [0.3, 0.4) is 0 Å². The molecule has 1 heterocycles. The van der Waals surface area contributed by atoms with Crippen LogP contribution in [0, 0.1) is 0 Å². The standard InChI is InChI=1S/C36H46N2O7/c1-2-3-4-12-20-38(22-31(39)33(41)34-32(40)24-43-35(45-34)25-13-6-5-7-14-25)21-19-37-36(42)44-23-30-28-17-10-8-15-26(28)27-16-9-11-18-29(27)30/h5-11,13-18,30-35,39-41H,2-4,12,19-24H2,1H3,(H,37,42)/t31-,32+,33+,34+,35+/m0/s1. The Morgan fingerprint density at radius 1 is 0.933 bits per heavy atom. The van der Waals surface area contributed by atoms with Gasteiger partial charge >= 0.3 is 6.09 Å². The SMILES string of the molecule is CCCCCCN(CCNC(=O)OCC1c2ccccc2-c2ccccc21)C[C@H](O)[C@@H](O)[C@@H]1O[C@H](c2ccccc2)OC[C@H]1O. The first-order valence-corrected chi connectivity index (χ1v) is 16.1. The molecular weight excluding hydrogens is 572 g/mol. The minimum atomic E-state index is -1.33. The van der Waals surface area contributed by atoms with Crippen molar-refractivity contribution in [1.82, 2.24) is 10.2 Å². The van der Waals surface area contributed by atoms with E-state index >= 15 is 0 Å². The van der Waals surface area contributed by atoms with E-state index in [0.717, 1.165) is 42.4 Å². The molecule has 0 saturated carbocycles. The van der Waals surface area contributed by atoms with Gasteiger partial charge in [0.1, 0.15) is 24.9 Å². The van der Waals surface area contributed by atoms with Gasteiger partial charge < -0.3 is 34.8 Å². The third-order valence-electron chi connectivity index (χ3n) is 8.70. The maximum Gasteiger partial charge on any atom is 0.407 e. The minimum absolute atomic E-state index is 0.0147. The number of amides is 1. The summed E-state index contributed by atoms with van der Waals surface area (Å²) >= 11 is 0. The Morgan fingerprint density at radius 3 is 2.29 bits per heavy atom. The molecule has 0 spiro atoms. The molecule has 0 radical (unpaired) electrons. The van der Waals surface area contributed by atoms with Gasteiger partial charge in [-0.1, -0.05) is 105 Å². The minimum Gasteiger partial charge on any atom is -0.449 e. The van der Waals surface area contributed by atoms with Crippen molar-refractivity contribution >= 4 is 6.09 Å². The normalized spacial score (nSPS) is 20.8. The van der Waals surface area contributed by atoms with Crippen molar-refractivity contribution in [3.05, 3.63) is 95.6 Å². The number of nitrogens with zero attached hydrogens (tertiary/aromatic N) is 1. The highest BCUT2D eigenvalue weighted by atomic mass is 16.7. The quantitative estimate of drug-likeness (QED) is 0.183. The van der Waals surface area contributed by atoms with Crippen molar-refractivity contribution in [3.8, 4) is 11.1 Å². The molecule has 1 aliphatic carbocycles. The molecule has 1 saturated heterocycles. The van der Waals surface area contributed by atoms with Gasteiger partial charge in [-0.05, 0) is 35.2 Å². The van der Waals surface area contributed by atoms with E-state index in [9.17, 15) is 20.1 Å². The van der Waals surface area contributed by atoms with Gasteiger partial charge in [0.15, 0.2) is 6.29 Å². The van der Waals surface area contributed by atoms with Crippen LogP contribution in [0.25, 0.3) is 11.1 Å². The summed E-state index contributed by atoms with van der Waals surface area (Å²) in [5.74, 6) is -0.0147. The summed E-state index contributed by atoms with van der Waals surface area (Å²) in [6.07, 6.45) is -1.65. The average molecular weight is 619 g/mol. The Kier molecular flexibility index (Phi) is 12.0. The Morgan fingerprint density at radius 2 is 1.60 bits per heavy atom.